The molecule has 2 aromatic rings. The van der Waals surface area contributed by atoms with Gasteiger partial charge in [0.15, 0.2) is 0 Å². The van der Waals surface area contributed by atoms with Crippen molar-refractivity contribution in [2.75, 3.05) is 20.0 Å². The van der Waals surface area contributed by atoms with E-state index in [4.69, 9.17) is 9.47 Å². The maximum Gasteiger partial charge on any atom is 0.305 e. The second-order valence-electron chi connectivity index (χ2n) is 9.45. The van der Waals surface area contributed by atoms with Crippen LogP contribution in [-0.4, -0.2) is 45.7 Å². The number of carbonyl (C=O) groups is 1. The lowest BCUT2D eigenvalue weighted by molar-refractivity contribution is -0.140. The molecule has 7 heteroatoms. The number of ether oxygens (including phenoxy) is 3. The lowest BCUT2D eigenvalue weighted by Crippen LogP contribution is -2.24. The third-order valence-electron chi connectivity index (χ3n) is 6.33. The first-order chi connectivity index (χ1) is 17.3. The van der Waals surface area contributed by atoms with E-state index in [1.54, 1.807) is 0 Å². The van der Waals surface area contributed by atoms with Crippen LogP contribution in [0.25, 0.3) is 0 Å². The summed E-state index contributed by atoms with van der Waals surface area (Å²) >= 11 is 0. The summed E-state index contributed by atoms with van der Waals surface area (Å²) in [5.41, 5.74) is 2.27. The molecule has 2 atom stereocenters. The summed E-state index contributed by atoms with van der Waals surface area (Å²) in [4.78, 5) is 11.2. The second kappa shape index (κ2) is 16.4. The van der Waals surface area contributed by atoms with Crippen molar-refractivity contribution in [3.8, 4) is 5.75 Å². The predicted molar refractivity (Wildman–Crippen MR) is 144 cm³/mol. The Morgan fingerprint density at radius 3 is 2.19 bits per heavy atom. The molecule has 36 heavy (non-hydrogen) atoms. The van der Waals surface area contributed by atoms with E-state index in [1.807, 2.05) is 61.5 Å². The van der Waals surface area contributed by atoms with Crippen molar-refractivity contribution in [2.24, 2.45) is 0 Å². The van der Waals surface area contributed by atoms with Crippen molar-refractivity contribution < 1.29 is 27.4 Å². The number of esters is 1. The average molecular weight is 519 g/mol. The Labute approximate surface area is 217 Å². The van der Waals surface area contributed by atoms with Gasteiger partial charge in [0.05, 0.1) is 25.1 Å². The maximum atomic E-state index is 12.4. The van der Waals surface area contributed by atoms with Crippen LogP contribution in [0.3, 0.4) is 0 Å². The highest BCUT2D eigenvalue weighted by Gasteiger charge is 2.21. The highest BCUT2D eigenvalue weighted by atomic mass is 32.2. The van der Waals surface area contributed by atoms with Crippen LogP contribution in [0.1, 0.15) is 68.9 Å². The molecule has 0 saturated heterocycles. The molecule has 6 nitrogen and oxygen atoms in total. The Balaban J connectivity index is 1.84. The fraction of sp³-hybridized carbons (Fsp3) is 0.552. The monoisotopic (exact) mass is 518 g/mol. The Morgan fingerprint density at radius 1 is 0.861 bits per heavy atom. The van der Waals surface area contributed by atoms with Crippen LogP contribution in [0.2, 0.25) is 0 Å². The first-order valence-corrected chi connectivity index (χ1v) is 14.8. The lowest BCUT2D eigenvalue weighted by Gasteiger charge is -2.21. The fourth-order valence-electron chi connectivity index (χ4n) is 4.07. The zero-order valence-electron chi connectivity index (χ0n) is 22.0. The summed E-state index contributed by atoms with van der Waals surface area (Å²) < 4.78 is 41.6. The van der Waals surface area contributed by atoms with Gasteiger partial charge in [-0.1, -0.05) is 67.3 Å². The van der Waals surface area contributed by atoms with Gasteiger partial charge in [-0.15, -0.1) is 0 Å². The molecule has 0 amide bonds. The molecule has 2 unspecified atom stereocenters. The van der Waals surface area contributed by atoms with Crippen LogP contribution >= 0.6 is 0 Å². The van der Waals surface area contributed by atoms with Gasteiger partial charge in [-0.2, -0.15) is 0 Å². The maximum absolute atomic E-state index is 12.4. The number of aryl methyl sites for hydroxylation is 1. The van der Waals surface area contributed by atoms with Gasteiger partial charge in [0.2, 0.25) is 0 Å². The predicted octanol–water partition coefficient (Wildman–Crippen LogP) is 6.06. The molecule has 0 bridgehead atoms. The first kappa shape index (κ1) is 29.8. The van der Waals surface area contributed by atoms with Crippen molar-refractivity contribution in [1.29, 1.82) is 0 Å². The number of methoxy groups -OCH3 is 1. The zero-order valence-corrected chi connectivity index (χ0v) is 22.8. The standard InChI is InChI=1S/C29H42O6S/c1-24-18-20-26(21-19-24)35-23-27(34-22-25-12-7-6-8-13-25)14-11-16-28(36(3,31)32)15-9-4-5-10-17-29(30)33-2/h6-8,12-13,18-21,27-28H,4-5,9-11,14-17,22-23H2,1-3H3. The molecule has 0 aliphatic carbocycles. The van der Waals surface area contributed by atoms with E-state index in [9.17, 15) is 13.2 Å². The summed E-state index contributed by atoms with van der Waals surface area (Å²) in [7, 11) is -1.74. The molecule has 0 radical (unpaired) electrons. The third kappa shape index (κ3) is 12.5. The molecular formula is C29H42O6S. The van der Waals surface area contributed by atoms with Crippen LogP contribution in [0.5, 0.6) is 5.75 Å². The van der Waals surface area contributed by atoms with Crippen LogP contribution in [0, 0.1) is 6.92 Å². The van der Waals surface area contributed by atoms with Gasteiger partial charge in [-0.3, -0.25) is 4.79 Å². The number of unbranched alkanes of at least 4 members (excludes halogenated alkanes) is 3. The molecular weight excluding hydrogens is 476 g/mol. The van der Waals surface area contributed by atoms with Gasteiger partial charge in [0.25, 0.3) is 0 Å². The third-order valence-corrected chi connectivity index (χ3v) is 8.01. The van der Waals surface area contributed by atoms with E-state index in [2.05, 4.69) is 4.74 Å². The van der Waals surface area contributed by atoms with Gasteiger partial charge in [0.1, 0.15) is 22.2 Å². The van der Waals surface area contributed by atoms with E-state index in [-0.39, 0.29) is 17.3 Å². The topological polar surface area (TPSA) is 78.9 Å². The SMILES string of the molecule is COC(=O)CCCCCCC(CCCC(COc1ccc(C)cc1)OCc1ccccc1)S(C)(=O)=O. The van der Waals surface area contributed by atoms with Gasteiger partial charge < -0.3 is 14.2 Å². The normalized spacial score (nSPS) is 13.2. The summed E-state index contributed by atoms with van der Waals surface area (Å²) in [6.45, 7) is 2.94. The zero-order chi connectivity index (χ0) is 26.2. The summed E-state index contributed by atoms with van der Waals surface area (Å²) in [6.07, 6.45) is 7.77. The Morgan fingerprint density at radius 2 is 1.53 bits per heavy atom. The molecule has 0 aromatic heterocycles. The quantitative estimate of drug-likeness (QED) is 0.176. The van der Waals surface area contributed by atoms with E-state index in [1.165, 1.54) is 18.9 Å². The molecule has 0 aliphatic rings. The van der Waals surface area contributed by atoms with Crippen molar-refractivity contribution >= 4 is 15.8 Å². The number of benzene rings is 2. The summed E-state index contributed by atoms with van der Waals surface area (Å²) in [6, 6.07) is 18.0. The fourth-order valence-corrected chi connectivity index (χ4v) is 5.26. The van der Waals surface area contributed by atoms with E-state index in [0.717, 1.165) is 49.8 Å². The van der Waals surface area contributed by atoms with Crippen molar-refractivity contribution in [1.82, 2.24) is 0 Å². The van der Waals surface area contributed by atoms with E-state index < -0.39 is 9.84 Å². The van der Waals surface area contributed by atoms with Crippen LogP contribution < -0.4 is 4.74 Å². The summed E-state index contributed by atoms with van der Waals surface area (Å²) in [5, 5.41) is -0.356. The number of rotatable bonds is 18. The number of hydrogen-bond acceptors (Lipinski definition) is 6. The minimum atomic E-state index is -3.13. The van der Waals surface area contributed by atoms with Crippen molar-refractivity contribution in [3.05, 3.63) is 65.7 Å². The van der Waals surface area contributed by atoms with E-state index >= 15 is 0 Å². The lowest BCUT2D eigenvalue weighted by atomic mass is 10.0. The number of hydrogen-bond donors (Lipinski definition) is 0. The van der Waals surface area contributed by atoms with Crippen molar-refractivity contribution in [3.63, 3.8) is 0 Å². The highest BCUT2D eigenvalue weighted by molar-refractivity contribution is 7.91. The molecule has 2 aromatic carbocycles. The highest BCUT2D eigenvalue weighted by Crippen LogP contribution is 2.20. The number of sulfone groups is 1. The number of carbonyl (C=O) groups excluding carboxylic acids is 1. The van der Waals surface area contributed by atoms with Gasteiger partial charge in [0, 0.05) is 12.7 Å². The molecule has 0 N–H and O–H groups in total. The van der Waals surface area contributed by atoms with Crippen LogP contribution in [-0.2, 0) is 30.7 Å². The molecule has 0 heterocycles. The molecule has 200 valence electrons. The molecule has 0 spiro atoms. The van der Waals surface area contributed by atoms with Crippen LogP contribution in [0.4, 0.5) is 0 Å². The smallest absolute Gasteiger partial charge is 0.305 e. The van der Waals surface area contributed by atoms with Gasteiger partial charge >= 0.3 is 5.97 Å². The molecule has 0 saturated carbocycles. The molecule has 0 aliphatic heterocycles. The van der Waals surface area contributed by atoms with Gasteiger partial charge in [-0.05, 0) is 56.7 Å². The minimum absolute atomic E-state index is 0.134. The van der Waals surface area contributed by atoms with Gasteiger partial charge in [-0.25, -0.2) is 8.42 Å². The second-order valence-corrected chi connectivity index (χ2v) is 11.8. The minimum Gasteiger partial charge on any atom is -0.491 e. The average Bonchev–Trinajstić information content (AvgIpc) is 2.86. The van der Waals surface area contributed by atoms with Crippen LogP contribution in [0.15, 0.2) is 54.6 Å². The first-order valence-electron chi connectivity index (χ1n) is 12.9. The Hall–Kier alpha value is -2.38. The molecule has 0 fully saturated rings. The Bertz CT molecular complexity index is 973. The molecule has 2 rings (SSSR count). The van der Waals surface area contributed by atoms with E-state index in [0.29, 0.717) is 32.5 Å². The largest absolute Gasteiger partial charge is 0.491 e. The summed E-state index contributed by atoms with van der Waals surface area (Å²) in [5.74, 6) is 0.606. The van der Waals surface area contributed by atoms with Crippen molar-refractivity contribution in [2.45, 2.75) is 82.7 Å². The Kier molecular flexibility index (Phi) is 13.6.